The fourth-order valence-electron chi connectivity index (χ4n) is 2.22. The van der Waals surface area contributed by atoms with Gasteiger partial charge in [-0.15, -0.1) is 28.1 Å². The number of aryl methyl sites for hydroxylation is 1. The van der Waals surface area contributed by atoms with Crippen molar-refractivity contribution >= 4 is 23.1 Å². The molecule has 0 fully saturated rings. The third-order valence-electron chi connectivity index (χ3n) is 3.23. The summed E-state index contributed by atoms with van der Waals surface area (Å²) in [5.74, 6) is 1.82. The zero-order valence-corrected chi connectivity index (χ0v) is 14.0. The first kappa shape index (κ1) is 15.1. The van der Waals surface area contributed by atoms with Gasteiger partial charge in [-0.3, -0.25) is 4.57 Å². The second kappa shape index (κ2) is 6.94. The van der Waals surface area contributed by atoms with Crippen molar-refractivity contribution in [2.24, 2.45) is 0 Å². The van der Waals surface area contributed by atoms with E-state index in [4.69, 9.17) is 0 Å². The largest absolute Gasteiger partial charge is 0.298 e. The van der Waals surface area contributed by atoms with Crippen LogP contribution in [-0.4, -0.2) is 14.8 Å². The highest BCUT2D eigenvalue weighted by molar-refractivity contribution is 7.98. The number of hydrogen-bond donors (Lipinski definition) is 0. The van der Waals surface area contributed by atoms with Crippen molar-refractivity contribution in [3.63, 3.8) is 0 Å². The van der Waals surface area contributed by atoms with Gasteiger partial charge in [0.1, 0.15) is 0 Å². The maximum absolute atomic E-state index is 4.39. The summed E-state index contributed by atoms with van der Waals surface area (Å²) in [6.45, 7) is 6.65. The van der Waals surface area contributed by atoms with Gasteiger partial charge < -0.3 is 0 Å². The van der Waals surface area contributed by atoms with E-state index in [2.05, 4.69) is 70.0 Å². The van der Waals surface area contributed by atoms with E-state index in [0.29, 0.717) is 6.54 Å². The van der Waals surface area contributed by atoms with Crippen molar-refractivity contribution in [3.05, 3.63) is 64.9 Å². The Morgan fingerprint density at radius 1 is 1.27 bits per heavy atom. The van der Waals surface area contributed by atoms with Gasteiger partial charge in [-0.2, -0.15) is 0 Å². The Bertz CT molecular complexity index is 760. The Balaban J connectivity index is 1.89. The molecule has 2 heterocycles. The molecule has 0 radical (unpaired) electrons. The van der Waals surface area contributed by atoms with Gasteiger partial charge in [0.25, 0.3) is 0 Å². The molecule has 0 amide bonds. The predicted molar refractivity (Wildman–Crippen MR) is 94.3 cm³/mol. The minimum Gasteiger partial charge on any atom is -0.298 e. The summed E-state index contributed by atoms with van der Waals surface area (Å²) in [7, 11) is 0. The average molecular weight is 327 g/mol. The molecule has 5 heteroatoms. The highest BCUT2D eigenvalue weighted by Gasteiger charge is 2.13. The van der Waals surface area contributed by atoms with Crippen molar-refractivity contribution in [2.45, 2.75) is 24.4 Å². The molecule has 0 aliphatic heterocycles. The molecule has 3 nitrogen and oxygen atoms in total. The number of thioether (sulfide) groups is 1. The number of nitrogens with zero attached hydrogens (tertiary/aromatic N) is 3. The summed E-state index contributed by atoms with van der Waals surface area (Å²) in [5, 5.41) is 11.8. The molecule has 0 aliphatic carbocycles. The van der Waals surface area contributed by atoms with Gasteiger partial charge in [0.2, 0.25) is 0 Å². The number of hydrogen-bond acceptors (Lipinski definition) is 4. The van der Waals surface area contributed by atoms with Crippen LogP contribution in [0.3, 0.4) is 0 Å². The third kappa shape index (κ3) is 3.31. The lowest BCUT2D eigenvalue weighted by Crippen LogP contribution is -2.00. The van der Waals surface area contributed by atoms with Crippen LogP contribution in [-0.2, 0) is 12.3 Å². The minimum atomic E-state index is 0.711. The molecular weight excluding hydrogens is 310 g/mol. The standard InChI is InChI=1S/C17H17N3S2/c1-3-9-20-16(14-7-4-6-13(2)11-14)18-19-17(20)22-12-15-8-5-10-21-15/h3-8,10-11H,1,9,12H2,2H3. The fourth-order valence-corrected chi connectivity index (χ4v) is 3.94. The molecule has 22 heavy (non-hydrogen) atoms. The normalized spacial score (nSPS) is 10.8. The van der Waals surface area contributed by atoms with Crippen LogP contribution in [0.5, 0.6) is 0 Å². The quantitative estimate of drug-likeness (QED) is 0.481. The first-order valence-electron chi connectivity index (χ1n) is 7.04. The van der Waals surface area contributed by atoms with E-state index in [9.17, 15) is 0 Å². The maximum atomic E-state index is 4.39. The van der Waals surface area contributed by atoms with Crippen LogP contribution in [0, 0.1) is 6.92 Å². The van der Waals surface area contributed by atoms with Crippen molar-refractivity contribution in [1.29, 1.82) is 0 Å². The van der Waals surface area contributed by atoms with E-state index in [1.807, 2.05) is 6.08 Å². The molecule has 3 rings (SSSR count). The maximum Gasteiger partial charge on any atom is 0.192 e. The Kier molecular flexibility index (Phi) is 4.75. The van der Waals surface area contributed by atoms with Crippen molar-refractivity contribution < 1.29 is 0 Å². The summed E-state index contributed by atoms with van der Waals surface area (Å²) in [5.41, 5.74) is 2.32. The summed E-state index contributed by atoms with van der Waals surface area (Å²) in [6, 6.07) is 12.6. The Labute approximate surface area is 138 Å². The summed E-state index contributed by atoms with van der Waals surface area (Å²) in [6.07, 6.45) is 1.89. The van der Waals surface area contributed by atoms with Crippen LogP contribution >= 0.6 is 23.1 Å². The monoisotopic (exact) mass is 327 g/mol. The number of benzene rings is 1. The molecule has 0 atom stereocenters. The zero-order valence-electron chi connectivity index (χ0n) is 12.4. The second-order valence-electron chi connectivity index (χ2n) is 4.94. The highest BCUT2D eigenvalue weighted by Crippen LogP contribution is 2.28. The Morgan fingerprint density at radius 3 is 2.91 bits per heavy atom. The molecule has 1 aromatic carbocycles. The van der Waals surface area contributed by atoms with E-state index in [-0.39, 0.29) is 0 Å². The van der Waals surface area contributed by atoms with Gasteiger partial charge in [-0.1, -0.05) is 47.7 Å². The van der Waals surface area contributed by atoms with Crippen LogP contribution in [0.4, 0.5) is 0 Å². The lowest BCUT2D eigenvalue weighted by molar-refractivity contribution is 0.731. The number of rotatable bonds is 6. The molecule has 0 N–H and O–H groups in total. The minimum absolute atomic E-state index is 0.711. The first-order valence-corrected chi connectivity index (χ1v) is 8.91. The molecule has 2 aromatic heterocycles. The smallest absolute Gasteiger partial charge is 0.192 e. The lowest BCUT2D eigenvalue weighted by atomic mass is 10.1. The zero-order chi connectivity index (χ0) is 15.4. The van der Waals surface area contributed by atoms with Gasteiger partial charge in [0, 0.05) is 22.7 Å². The molecule has 0 saturated heterocycles. The highest BCUT2D eigenvalue weighted by atomic mass is 32.2. The van der Waals surface area contributed by atoms with Crippen LogP contribution in [0.15, 0.2) is 59.6 Å². The number of aromatic nitrogens is 3. The van der Waals surface area contributed by atoms with Gasteiger partial charge in [0.05, 0.1) is 0 Å². The number of thiophene rings is 1. The average Bonchev–Trinajstić information content (AvgIpc) is 3.15. The van der Waals surface area contributed by atoms with Gasteiger partial charge in [0.15, 0.2) is 11.0 Å². The fraction of sp³-hybridized carbons (Fsp3) is 0.176. The van der Waals surface area contributed by atoms with E-state index in [1.54, 1.807) is 23.1 Å². The van der Waals surface area contributed by atoms with Crippen molar-refractivity contribution in [1.82, 2.24) is 14.8 Å². The van der Waals surface area contributed by atoms with E-state index < -0.39 is 0 Å². The first-order chi connectivity index (χ1) is 10.8. The van der Waals surface area contributed by atoms with Crippen LogP contribution < -0.4 is 0 Å². The third-order valence-corrected chi connectivity index (χ3v) is 5.30. The van der Waals surface area contributed by atoms with E-state index >= 15 is 0 Å². The molecule has 0 spiro atoms. The molecule has 3 aromatic rings. The van der Waals surface area contributed by atoms with Crippen LogP contribution in [0.2, 0.25) is 0 Å². The van der Waals surface area contributed by atoms with Crippen LogP contribution in [0.1, 0.15) is 10.4 Å². The molecule has 0 aliphatic rings. The van der Waals surface area contributed by atoms with E-state index in [1.165, 1.54) is 10.4 Å². The van der Waals surface area contributed by atoms with E-state index in [0.717, 1.165) is 22.3 Å². The molecule has 0 bridgehead atoms. The molecule has 112 valence electrons. The SMILES string of the molecule is C=CCn1c(SCc2cccs2)nnc1-c1cccc(C)c1. The number of allylic oxidation sites excluding steroid dienone is 1. The van der Waals surface area contributed by atoms with Gasteiger partial charge in [-0.05, 0) is 24.4 Å². The lowest BCUT2D eigenvalue weighted by Gasteiger charge is -2.07. The second-order valence-corrected chi connectivity index (χ2v) is 6.92. The Hall–Kier alpha value is -1.85. The summed E-state index contributed by atoms with van der Waals surface area (Å²) in [4.78, 5) is 1.34. The predicted octanol–water partition coefficient (Wildman–Crippen LogP) is 4.79. The summed E-state index contributed by atoms with van der Waals surface area (Å²) >= 11 is 3.48. The summed E-state index contributed by atoms with van der Waals surface area (Å²) < 4.78 is 2.13. The van der Waals surface area contributed by atoms with Crippen molar-refractivity contribution in [3.8, 4) is 11.4 Å². The van der Waals surface area contributed by atoms with Gasteiger partial charge in [-0.25, -0.2) is 0 Å². The molecule has 0 unspecified atom stereocenters. The Morgan fingerprint density at radius 2 is 2.18 bits per heavy atom. The molecule has 0 saturated carbocycles. The topological polar surface area (TPSA) is 30.7 Å². The van der Waals surface area contributed by atoms with Gasteiger partial charge >= 0.3 is 0 Å². The van der Waals surface area contributed by atoms with Crippen LogP contribution in [0.25, 0.3) is 11.4 Å². The molecular formula is C17H17N3S2. The van der Waals surface area contributed by atoms with Crippen molar-refractivity contribution in [2.75, 3.05) is 0 Å².